The zero-order valence-corrected chi connectivity index (χ0v) is 32.2. The first-order valence-corrected chi connectivity index (χ1v) is 19.8. The molecule has 3 aromatic heterocycles. The number of halogens is 3. The lowest BCUT2D eigenvalue weighted by molar-refractivity contribution is -0.141. The van der Waals surface area contributed by atoms with Crippen molar-refractivity contribution in [1.29, 1.82) is 0 Å². The molecular weight excluding hydrogens is 752 g/mol. The molecule has 4 aliphatic rings. The van der Waals surface area contributed by atoms with Gasteiger partial charge in [-0.2, -0.15) is 18.3 Å². The maximum absolute atomic E-state index is 13.3. The molecule has 16 heteroatoms. The number of amides is 4. The Morgan fingerprint density at radius 3 is 2.47 bits per heavy atom. The Labute approximate surface area is 332 Å². The third-order valence-electron chi connectivity index (χ3n) is 12.3. The minimum Gasteiger partial charge on any atom is -0.386 e. The summed E-state index contributed by atoms with van der Waals surface area (Å²) < 4.78 is 41.8. The van der Waals surface area contributed by atoms with Crippen molar-refractivity contribution < 1.29 is 32.7 Å². The fourth-order valence-electron chi connectivity index (χ4n) is 9.41. The van der Waals surface area contributed by atoms with Gasteiger partial charge >= 0.3 is 12.2 Å². The van der Waals surface area contributed by atoms with Gasteiger partial charge in [0.15, 0.2) is 0 Å². The van der Waals surface area contributed by atoms with Crippen LogP contribution in [0.25, 0.3) is 21.7 Å². The molecule has 9 rings (SSSR count). The Kier molecular flexibility index (Phi) is 9.38. The van der Waals surface area contributed by atoms with Gasteiger partial charge in [-0.3, -0.25) is 34.4 Å². The molecule has 302 valence electrons. The third kappa shape index (κ3) is 7.12. The predicted octanol–water partition coefficient (Wildman–Crippen LogP) is 6.62. The molecule has 0 radical (unpaired) electrons. The number of alkyl halides is 3. The molecule has 2 atom stereocenters. The van der Waals surface area contributed by atoms with Crippen molar-refractivity contribution in [3.63, 3.8) is 0 Å². The zero-order valence-electron chi connectivity index (χ0n) is 32.2. The van der Waals surface area contributed by atoms with Crippen LogP contribution in [0, 0.1) is 5.92 Å². The molecule has 1 saturated carbocycles. The SMILES string of the molecule is CC(C)(O)c1cc2nn([C@H]3CC[C@H](CN4C[C@H]5C[C@@H]4CN5c4cccc5c(N6CCC(=O)NC6=O)cncc45)CC3)cc2cc1NC(=O)c1cccc(C(F)(F)F)n1. The first-order chi connectivity index (χ1) is 27.7. The number of aromatic nitrogens is 4. The lowest BCUT2D eigenvalue weighted by atomic mass is 9.85. The lowest BCUT2D eigenvalue weighted by Crippen LogP contribution is -2.49. The van der Waals surface area contributed by atoms with E-state index in [-0.39, 0.29) is 29.8 Å². The third-order valence-corrected chi connectivity index (χ3v) is 12.3. The van der Waals surface area contributed by atoms with E-state index >= 15 is 0 Å². The van der Waals surface area contributed by atoms with E-state index in [4.69, 9.17) is 5.10 Å². The van der Waals surface area contributed by atoms with Gasteiger partial charge in [0, 0.05) is 90.2 Å². The second-order valence-corrected chi connectivity index (χ2v) is 16.6. The highest BCUT2D eigenvalue weighted by Crippen LogP contribution is 2.42. The number of aliphatic hydroxyl groups is 1. The zero-order chi connectivity index (χ0) is 40.5. The Bertz CT molecular complexity index is 2440. The molecule has 3 saturated heterocycles. The number of rotatable bonds is 8. The van der Waals surface area contributed by atoms with Crippen molar-refractivity contribution in [2.24, 2.45) is 5.92 Å². The van der Waals surface area contributed by atoms with Gasteiger partial charge in [0.05, 0.1) is 29.0 Å². The quantitative estimate of drug-likeness (QED) is 0.158. The fourth-order valence-corrected chi connectivity index (χ4v) is 9.41. The average molecular weight is 796 g/mol. The predicted molar refractivity (Wildman–Crippen MR) is 212 cm³/mol. The van der Waals surface area contributed by atoms with Gasteiger partial charge in [0.1, 0.15) is 11.4 Å². The monoisotopic (exact) mass is 795 g/mol. The van der Waals surface area contributed by atoms with Crippen molar-refractivity contribution >= 4 is 56.6 Å². The largest absolute Gasteiger partial charge is 0.433 e. The molecule has 13 nitrogen and oxygen atoms in total. The summed E-state index contributed by atoms with van der Waals surface area (Å²) in [4.78, 5) is 52.3. The molecule has 1 aliphatic carbocycles. The number of pyridine rings is 2. The molecule has 58 heavy (non-hydrogen) atoms. The summed E-state index contributed by atoms with van der Waals surface area (Å²) >= 11 is 0. The van der Waals surface area contributed by atoms with E-state index in [1.807, 2.05) is 29.2 Å². The van der Waals surface area contributed by atoms with Gasteiger partial charge in [-0.15, -0.1) is 0 Å². The van der Waals surface area contributed by atoms with Crippen molar-refractivity contribution in [2.45, 2.75) is 82.3 Å². The van der Waals surface area contributed by atoms with Crippen molar-refractivity contribution in [2.75, 3.05) is 41.3 Å². The van der Waals surface area contributed by atoms with E-state index in [1.54, 1.807) is 37.1 Å². The Morgan fingerprint density at radius 2 is 1.74 bits per heavy atom. The van der Waals surface area contributed by atoms with Crippen LogP contribution in [0.4, 0.5) is 35.0 Å². The Morgan fingerprint density at radius 1 is 0.948 bits per heavy atom. The number of likely N-dealkylation sites (tertiary alicyclic amines) is 1. The summed E-state index contributed by atoms with van der Waals surface area (Å²) in [5, 5.41) is 23.7. The molecule has 3 aliphatic heterocycles. The molecule has 4 amide bonds. The number of hydrogen-bond donors (Lipinski definition) is 3. The number of carbonyl (C=O) groups is 3. The van der Waals surface area contributed by atoms with Crippen LogP contribution >= 0.6 is 0 Å². The summed E-state index contributed by atoms with van der Waals surface area (Å²) in [6.07, 6.45) is 6.21. The van der Waals surface area contributed by atoms with Crippen molar-refractivity contribution in [3.05, 3.63) is 84.1 Å². The molecule has 6 heterocycles. The minimum absolute atomic E-state index is 0.188. The summed E-state index contributed by atoms with van der Waals surface area (Å²) in [5.74, 6) is -0.517. The number of piperazine rings is 1. The second kappa shape index (κ2) is 14.3. The molecule has 0 unspecified atom stereocenters. The number of urea groups is 1. The summed E-state index contributed by atoms with van der Waals surface area (Å²) in [7, 11) is 0. The van der Waals surface area contributed by atoms with Crippen LogP contribution in [0.1, 0.15) is 80.2 Å². The number of imide groups is 1. The van der Waals surface area contributed by atoms with Gasteiger partial charge in [0.2, 0.25) is 5.91 Å². The standard InChI is InChI=1S/C42H44F3N9O4/c1-41(2,58)31-17-33-25(15-34(31)48-39(56)32-6-4-8-37(47-32)42(43,44)45)21-54(50-33)26-11-9-24(10-12-26)20-51-22-28-16-27(51)23-53(28)35-7-3-5-29-30(35)18-46-19-36(29)52-14-13-38(55)49-40(52)57/h3-8,15,17-19,21,24,26-28,58H,9-14,16,20,22-23H2,1-2H3,(H,48,56)(H,49,55,57)/t24-,26-,27-,28-/m1/s1. The summed E-state index contributed by atoms with van der Waals surface area (Å²) in [5.41, 5.74) is 0.222. The van der Waals surface area contributed by atoms with Crippen LogP contribution < -0.4 is 20.4 Å². The van der Waals surface area contributed by atoms with Crippen molar-refractivity contribution in [3.8, 4) is 0 Å². The van der Waals surface area contributed by atoms with Crippen molar-refractivity contribution in [1.82, 2.24) is 30.0 Å². The van der Waals surface area contributed by atoms with Crippen LogP contribution in [-0.2, 0) is 16.6 Å². The smallest absolute Gasteiger partial charge is 0.386 e. The topological polar surface area (TPSA) is 149 Å². The average Bonchev–Trinajstić information content (AvgIpc) is 3.92. The number of anilines is 3. The highest BCUT2D eigenvalue weighted by atomic mass is 19.4. The van der Waals surface area contributed by atoms with Crippen LogP contribution in [0.2, 0.25) is 0 Å². The van der Waals surface area contributed by atoms with Gasteiger partial charge in [-0.1, -0.05) is 18.2 Å². The van der Waals surface area contributed by atoms with Gasteiger partial charge in [-0.25, -0.2) is 9.78 Å². The number of carbonyl (C=O) groups excluding carboxylic acids is 3. The highest BCUT2D eigenvalue weighted by molar-refractivity contribution is 6.11. The van der Waals surface area contributed by atoms with Crippen LogP contribution in [0.3, 0.4) is 0 Å². The summed E-state index contributed by atoms with van der Waals surface area (Å²) in [6.45, 7) is 6.44. The van der Waals surface area contributed by atoms with E-state index in [2.05, 4.69) is 36.5 Å². The second-order valence-electron chi connectivity index (χ2n) is 16.6. The number of benzene rings is 2. The number of fused-ring (bicyclic) bond motifs is 4. The van der Waals surface area contributed by atoms with E-state index in [0.717, 1.165) is 85.7 Å². The number of nitrogens with one attached hydrogen (secondary N) is 2. The molecule has 2 aromatic carbocycles. The van der Waals surface area contributed by atoms with E-state index in [9.17, 15) is 32.7 Å². The number of nitrogens with zero attached hydrogens (tertiary/aromatic N) is 7. The molecular formula is C42H44F3N9O4. The molecule has 5 aromatic rings. The highest BCUT2D eigenvalue weighted by Gasteiger charge is 2.44. The van der Waals surface area contributed by atoms with Crippen LogP contribution in [0.15, 0.2) is 67.1 Å². The maximum atomic E-state index is 13.3. The molecule has 3 N–H and O–H groups in total. The summed E-state index contributed by atoms with van der Waals surface area (Å²) in [6, 6.07) is 13.4. The van der Waals surface area contributed by atoms with Gasteiger partial charge in [0.25, 0.3) is 5.91 Å². The van der Waals surface area contributed by atoms with E-state index in [1.165, 1.54) is 6.07 Å². The van der Waals surface area contributed by atoms with Gasteiger partial charge < -0.3 is 15.3 Å². The van der Waals surface area contributed by atoms with Crippen LogP contribution in [-0.4, -0.2) is 85.9 Å². The maximum Gasteiger partial charge on any atom is 0.433 e. The van der Waals surface area contributed by atoms with E-state index < -0.39 is 29.4 Å². The van der Waals surface area contributed by atoms with E-state index in [0.29, 0.717) is 41.3 Å². The minimum atomic E-state index is -4.69. The number of hydrogen-bond acceptors (Lipinski definition) is 9. The normalized spacial score (nSPS) is 22.9. The molecule has 4 fully saturated rings. The lowest BCUT2D eigenvalue weighted by Gasteiger charge is -2.39. The molecule has 2 bridgehead atoms. The Balaban J connectivity index is 0.840. The fraction of sp³-hybridized carbons (Fsp3) is 0.429. The first kappa shape index (κ1) is 37.9. The first-order valence-electron chi connectivity index (χ1n) is 19.8. The van der Waals surface area contributed by atoms with Gasteiger partial charge in [-0.05, 0) is 82.2 Å². The molecule has 0 spiro atoms. The Hall–Kier alpha value is -5.61. The van der Waals surface area contributed by atoms with Crippen LogP contribution in [0.5, 0.6) is 0 Å².